The third-order valence-electron chi connectivity index (χ3n) is 4.03. The van der Waals surface area contributed by atoms with E-state index >= 15 is 0 Å². The summed E-state index contributed by atoms with van der Waals surface area (Å²) in [6, 6.07) is 5.24. The molecule has 0 aliphatic carbocycles. The molecule has 2 rings (SSSR count). The lowest BCUT2D eigenvalue weighted by atomic mass is 9.99. The number of rotatable bonds is 6. The van der Waals surface area contributed by atoms with Crippen molar-refractivity contribution in [3.8, 4) is 0 Å². The lowest BCUT2D eigenvalue weighted by Gasteiger charge is -2.30. The molecule has 0 radical (unpaired) electrons. The summed E-state index contributed by atoms with van der Waals surface area (Å²) in [5, 5.41) is 3.33. The topological polar surface area (TPSA) is 15.3 Å². The van der Waals surface area contributed by atoms with Crippen LogP contribution in [0.15, 0.2) is 22.7 Å². The molecule has 0 atom stereocenters. The van der Waals surface area contributed by atoms with Crippen LogP contribution in [0, 0.1) is 11.7 Å². The van der Waals surface area contributed by atoms with Crippen LogP contribution < -0.4 is 5.32 Å². The average Bonchev–Trinajstić information content (AvgIpc) is 2.42. The molecule has 1 aromatic rings. The first-order valence-electron chi connectivity index (χ1n) is 7.52. The van der Waals surface area contributed by atoms with Crippen LogP contribution in [0.3, 0.4) is 0 Å². The minimum absolute atomic E-state index is 0.142. The normalized spacial score (nSPS) is 17.6. The summed E-state index contributed by atoms with van der Waals surface area (Å²) < 4.78 is 14.4. The molecule has 1 aromatic carbocycles. The quantitative estimate of drug-likeness (QED) is 0.791. The summed E-state index contributed by atoms with van der Waals surface area (Å²) in [7, 11) is 0. The van der Waals surface area contributed by atoms with Gasteiger partial charge in [-0.3, -0.25) is 0 Å². The summed E-state index contributed by atoms with van der Waals surface area (Å²) in [5.41, 5.74) is 0.736. The Kier molecular flexibility index (Phi) is 6.46. The molecule has 1 fully saturated rings. The Balaban J connectivity index is 1.59. The van der Waals surface area contributed by atoms with Gasteiger partial charge in [0.2, 0.25) is 0 Å². The molecule has 4 heteroatoms. The van der Waals surface area contributed by atoms with E-state index in [-0.39, 0.29) is 5.82 Å². The molecule has 0 bridgehead atoms. The monoisotopic (exact) mass is 342 g/mol. The third kappa shape index (κ3) is 5.15. The zero-order chi connectivity index (χ0) is 14.4. The Morgan fingerprint density at radius 1 is 1.35 bits per heavy atom. The van der Waals surface area contributed by atoms with Crippen LogP contribution >= 0.6 is 15.9 Å². The number of hydrogen-bond acceptors (Lipinski definition) is 2. The molecule has 2 nitrogen and oxygen atoms in total. The molecule has 112 valence electrons. The molecule has 0 saturated carbocycles. The van der Waals surface area contributed by atoms with Gasteiger partial charge in [-0.05, 0) is 63.5 Å². The maximum Gasteiger partial charge on any atom is 0.128 e. The van der Waals surface area contributed by atoms with Gasteiger partial charge in [-0.15, -0.1) is 0 Å². The van der Waals surface area contributed by atoms with Crippen molar-refractivity contribution in [2.45, 2.75) is 32.7 Å². The molecule has 20 heavy (non-hydrogen) atoms. The fourth-order valence-electron chi connectivity index (χ4n) is 2.60. The molecule has 1 N–H and O–H groups in total. The first-order valence-corrected chi connectivity index (χ1v) is 8.31. The SMILES string of the molecule is CC1CCN(CCCNCc2ccc(Br)cc2F)CC1. The summed E-state index contributed by atoms with van der Waals surface area (Å²) >= 11 is 3.27. The van der Waals surface area contributed by atoms with Gasteiger partial charge in [0.25, 0.3) is 0 Å². The number of piperidine rings is 1. The highest BCUT2D eigenvalue weighted by Crippen LogP contribution is 2.16. The van der Waals surface area contributed by atoms with E-state index in [9.17, 15) is 4.39 Å². The van der Waals surface area contributed by atoms with Crippen molar-refractivity contribution in [1.29, 1.82) is 0 Å². The van der Waals surface area contributed by atoms with Crippen LogP contribution in [0.25, 0.3) is 0 Å². The van der Waals surface area contributed by atoms with Gasteiger partial charge in [-0.1, -0.05) is 28.9 Å². The van der Waals surface area contributed by atoms with Gasteiger partial charge in [0.05, 0.1) is 0 Å². The van der Waals surface area contributed by atoms with Gasteiger partial charge in [0.1, 0.15) is 5.82 Å². The number of halogens is 2. The predicted molar refractivity (Wildman–Crippen MR) is 85.3 cm³/mol. The average molecular weight is 343 g/mol. The standard InChI is InChI=1S/C16H24BrFN2/c1-13-5-9-20(10-6-13)8-2-7-19-12-14-3-4-15(17)11-16(14)18/h3-4,11,13,19H,2,5-10,12H2,1H3. The zero-order valence-electron chi connectivity index (χ0n) is 12.2. The van der Waals surface area contributed by atoms with E-state index in [1.165, 1.54) is 32.0 Å². The predicted octanol–water partition coefficient (Wildman–Crippen LogP) is 3.80. The smallest absolute Gasteiger partial charge is 0.128 e. The molecule has 1 aliphatic rings. The molecule has 0 amide bonds. The van der Waals surface area contributed by atoms with Crippen molar-refractivity contribution in [2.75, 3.05) is 26.2 Å². The lowest BCUT2D eigenvalue weighted by molar-refractivity contribution is 0.190. The summed E-state index contributed by atoms with van der Waals surface area (Å²) in [6.45, 7) is 7.52. The summed E-state index contributed by atoms with van der Waals surface area (Å²) in [5.74, 6) is 0.752. The van der Waals surface area contributed by atoms with Gasteiger partial charge in [-0.2, -0.15) is 0 Å². The van der Waals surface area contributed by atoms with Gasteiger partial charge in [0.15, 0.2) is 0 Å². The van der Waals surface area contributed by atoms with Crippen LogP contribution in [-0.2, 0) is 6.54 Å². The van der Waals surface area contributed by atoms with Gasteiger partial charge >= 0.3 is 0 Å². The van der Waals surface area contributed by atoms with Crippen molar-refractivity contribution in [3.05, 3.63) is 34.1 Å². The van der Waals surface area contributed by atoms with E-state index in [4.69, 9.17) is 0 Å². The van der Waals surface area contributed by atoms with E-state index < -0.39 is 0 Å². The Hall–Kier alpha value is -0.450. The molecule has 1 aliphatic heterocycles. The minimum atomic E-state index is -0.142. The number of nitrogens with one attached hydrogen (secondary N) is 1. The fraction of sp³-hybridized carbons (Fsp3) is 0.625. The molecular formula is C16H24BrFN2. The van der Waals surface area contributed by atoms with Crippen LogP contribution in [0.5, 0.6) is 0 Å². The van der Waals surface area contributed by atoms with E-state index in [2.05, 4.69) is 33.1 Å². The second kappa shape index (κ2) is 8.11. The highest BCUT2D eigenvalue weighted by atomic mass is 79.9. The summed E-state index contributed by atoms with van der Waals surface area (Å²) in [4.78, 5) is 2.54. The summed E-state index contributed by atoms with van der Waals surface area (Å²) in [6.07, 6.45) is 3.79. The molecule has 1 saturated heterocycles. The number of likely N-dealkylation sites (tertiary alicyclic amines) is 1. The largest absolute Gasteiger partial charge is 0.313 e. The van der Waals surface area contributed by atoms with Gasteiger partial charge in [-0.25, -0.2) is 4.39 Å². The van der Waals surface area contributed by atoms with Crippen LogP contribution in [-0.4, -0.2) is 31.1 Å². The van der Waals surface area contributed by atoms with Crippen LogP contribution in [0.2, 0.25) is 0 Å². The molecule has 0 aromatic heterocycles. The fourth-order valence-corrected chi connectivity index (χ4v) is 2.93. The Morgan fingerprint density at radius 2 is 2.10 bits per heavy atom. The van der Waals surface area contributed by atoms with Gasteiger partial charge in [0, 0.05) is 16.6 Å². The second-order valence-corrected chi connectivity index (χ2v) is 6.71. The third-order valence-corrected chi connectivity index (χ3v) is 4.53. The molecule has 1 heterocycles. The van der Waals surface area contributed by atoms with Gasteiger partial charge < -0.3 is 10.2 Å². The van der Waals surface area contributed by atoms with Crippen molar-refractivity contribution in [3.63, 3.8) is 0 Å². The van der Waals surface area contributed by atoms with Crippen molar-refractivity contribution < 1.29 is 4.39 Å². The van der Waals surface area contributed by atoms with Crippen LogP contribution in [0.4, 0.5) is 4.39 Å². The Bertz CT molecular complexity index is 417. The van der Waals surface area contributed by atoms with E-state index in [0.717, 1.165) is 35.5 Å². The molecule has 0 spiro atoms. The molecule has 0 unspecified atom stereocenters. The highest BCUT2D eigenvalue weighted by molar-refractivity contribution is 9.10. The Labute approximate surface area is 129 Å². The van der Waals surface area contributed by atoms with Crippen molar-refractivity contribution in [1.82, 2.24) is 10.2 Å². The minimum Gasteiger partial charge on any atom is -0.313 e. The van der Waals surface area contributed by atoms with Crippen molar-refractivity contribution >= 4 is 15.9 Å². The lowest BCUT2D eigenvalue weighted by Crippen LogP contribution is -2.34. The first kappa shape index (κ1) is 15.9. The number of hydrogen-bond donors (Lipinski definition) is 1. The van der Waals surface area contributed by atoms with Crippen molar-refractivity contribution in [2.24, 2.45) is 5.92 Å². The van der Waals surface area contributed by atoms with E-state index in [1.807, 2.05) is 12.1 Å². The van der Waals surface area contributed by atoms with E-state index in [0.29, 0.717) is 6.54 Å². The first-order chi connectivity index (χ1) is 9.65. The van der Waals surface area contributed by atoms with E-state index in [1.54, 1.807) is 0 Å². The zero-order valence-corrected chi connectivity index (χ0v) is 13.8. The van der Waals surface area contributed by atoms with Crippen LogP contribution in [0.1, 0.15) is 31.7 Å². The maximum absolute atomic E-state index is 13.6. The number of benzene rings is 1. The second-order valence-electron chi connectivity index (χ2n) is 5.79. The Morgan fingerprint density at radius 3 is 2.80 bits per heavy atom. The molecular weight excluding hydrogens is 319 g/mol. The maximum atomic E-state index is 13.6. The highest BCUT2D eigenvalue weighted by Gasteiger charge is 2.14. The number of nitrogens with zero attached hydrogens (tertiary/aromatic N) is 1.